The molecule has 1 rings (SSSR count). The van der Waals surface area contributed by atoms with E-state index in [9.17, 15) is 9.90 Å². The van der Waals surface area contributed by atoms with Crippen molar-refractivity contribution in [1.82, 2.24) is 5.32 Å². The van der Waals surface area contributed by atoms with Gasteiger partial charge in [0.05, 0.1) is 17.9 Å². The number of para-hydroxylation sites is 2. The van der Waals surface area contributed by atoms with Crippen LogP contribution in [0.4, 0.5) is 10.5 Å². The maximum atomic E-state index is 11.9. The summed E-state index contributed by atoms with van der Waals surface area (Å²) < 4.78 is 5.45. The van der Waals surface area contributed by atoms with Crippen LogP contribution in [0.25, 0.3) is 0 Å². The normalized spacial score (nSPS) is 14.9. The van der Waals surface area contributed by atoms with Gasteiger partial charge in [-0.15, -0.1) is 0 Å². The second kappa shape index (κ2) is 7.88. The Hall–Kier alpha value is -1.75. The number of aliphatic hydroxyl groups is 1. The van der Waals surface area contributed by atoms with Gasteiger partial charge in [-0.2, -0.15) is 0 Å². The molecular weight excluding hydrogens is 268 g/mol. The molecule has 0 radical (unpaired) electrons. The highest BCUT2D eigenvalue weighted by molar-refractivity contribution is 5.90. The summed E-state index contributed by atoms with van der Waals surface area (Å²) in [6, 6.07) is 6.90. The van der Waals surface area contributed by atoms with Gasteiger partial charge in [0.2, 0.25) is 0 Å². The SMILES string of the molecule is CCOc1ccccc1NC(=O)NCC(C)(O)C(C)CC. The lowest BCUT2D eigenvalue weighted by Gasteiger charge is -2.29. The Bertz CT molecular complexity index is 461. The van der Waals surface area contributed by atoms with Crippen molar-refractivity contribution in [2.45, 2.75) is 39.7 Å². The van der Waals surface area contributed by atoms with E-state index in [2.05, 4.69) is 10.6 Å². The highest BCUT2D eigenvalue weighted by Gasteiger charge is 2.27. The van der Waals surface area contributed by atoms with E-state index in [-0.39, 0.29) is 18.5 Å². The second-order valence-electron chi connectivity index (χ2n) is 5.40. The molecule has 0 aliphatic heterocycles. The lowest BCUT2D eigenvalue weighted by atomic mass is 9.89. The maximum Gasteiger partial charge on any atom is 0.319 e. The van der Waals surface area contributed by atoms with Gasteiger partial charge in [-0.25, -0.2) is 4.79 Å². The van der Waals surface area contributed by atoms with Crippen molar-refractivity contribution in [1.29, 1.82) is 0 Å². The van der Waals surface area contributed by atoms with Crippen LogP contribution < -0.4 is 15.4 Å². The molecule has 1 aromatic rings. The van der Waals surface area contributed by atoms with E-state index in [4.69, 9.17) is 4.74 Å². The molecule has 5 heteroatoms. The van der Waals surface area contributed by atoms with E-state index in [1.165, 1.54) is 0 Å². The van der Waals surface area contributed by atoms with E-state index in [0.717, 1.165) is 6.42 Å². The fourth-order valence-corrected chi connectivity index (χ4v) is 1.89. The summed E-state index contributed by atoms with van der Waals surface area (Å²) in [7, 11) is 0. The van der Waals surface area contributed by atoms with Crippen molar-refractivity contribution in [3.05, 3.63) is 24.3 Å². The minimum Gasteiger partial charge on any atom is -0.492 e. The predicted octanol–water partition coefficient (Wildman–Crippen LogP) is 3.00. The molecule has 2 unspecified atom stereocenters. The van der Waals surface area contributed by atoms with E-state index in [1.54, 1.807) is 19.1 Å². The zero-order valence-corrected chi connectivity index (χ0v) is 13.3. The highest BCUT2D eigenvalue weighted by Crippen LogP contribution is 2.23. The van der Waals surface area contributed by atoms with E-state index in [0.29, 0.717) is 18.0 Å². The third kappa shape index (κ3) is 5.27. The number of amides is 2. The van der Waals surface area contributed by atoms with Crippen LogP contribution in [0.1, 0.15) is 34.1 Å². The lowest BCUT2D eigenvalue weighted by Crippen LogP contribution is -2.46. The predicted molar refractivity (Wildman–Crippen MR) is 84.7 cm³/mol. The fraction of sp³-hybridized carbons (Fsp3) is 0.562. The average Bonchev–Trinajstić information content (AvgIpc) is 2.46. The first-order valence-corrected chi connectivity index (χ1v) is 7.39. The van der Waals surface area contributed by atoms with Crippen molar-refractivity contribution < 1.29 is 14.6 Å². The Labute approximate surface area is 126 Å². The van der Waals surface area contributed by atoms with E-state index >= 15 is 0 Å². The minimum atomic E-state index is -0.925. The first-order valence-electron chi connectivity index (χ1n) is 7.39. The number of anilines is 1. The molecule has 0 saturated heterocycles. The van der Waals surface area contributed by atoms with Gasteiger partial charge in [0.25, 0.3) is 0 Å². The summed E-state index contributed by atoms with van der Waals surface area (Å²) in [5, 5.41) is 15.7. The largest absolute Gasteiger partial charge is 0.492 e. The third-order valence-corrected chi connectivity index (χ3v) is 3.72. The molecule has 1 aromatic carbocycles. The number of carbonyl (C=O) groups excluding carboxylic acids is 1. The third-order valence-electron chi connectivity index (χ3n) is 3.72. The molecule has 0 fully saturated rings. The summed E-state index contributed by atoms with van der Waals surface area (Å²) >= 11 is 0. The average molecular weight is 294 g/mol. The summed E-state index contributed by atoms with van der Waals surface area (Å²) in [6.07, 6.45) is 0.851. The fourth-order valence-electron chi connectivity index (χ4n) is 1.89. The summed E-state index contributed by atoms with van der Waals surface area (Å²) in [4.78, 5) is 11.9. The van der Waals surface area contributed by atoms with Crippen LogP contribution in [0.5, 0.6) is 5.75 Å². The number of benzene rings is 1. The maximum absolute atomic E-state index is 11.9. The van der Waals surface area contributed by atoms with Crippen LogP contribution in [0, 0.1) is 5.92 Å². The zero-order valence-electron chi connectivity index (χ0n) is 13.3. The van der Waals surface area contributed by atoms with Gasteiger partial charge in [0, 0.05) is 6.54 Å². The number of rotatable bonds is 7. The quantitative estimate of drug-likeness (QED) is 0.724. The van der Waals surface area contributed by atoms with Crippen LogP contribution in [0.15, 0.2) is 24.3 Å². The second-order valence-corrected chi connectivity index (χ2v) is 5.40. The summed E-state index contributed by atoms with van der Waals surface area (Å²) in [5.41, 5.74) is -0.314. The van der Waals surface area contributed by atoms with Crippen molar-refractivity contribution in [3.8, 4) is 5.75 Å². The molecule has 2 amide bonds. The van der Waals surface area contributed by atoms with Crippen molar-refractivity contribution in [2.75, 3.05) is 18.5 Å². The minimum absolute atomic E-state index is 0.105. The molecule has 0 aromatic heterocycles. The molecule has 3 N–H and O–H groups in total. The summed E-state index contributed by atoms with van der Waals surface area (Å²) in [5.74, 6) is 0.734. The number of carbonyl (C=O) groups is 1. The zero-order chi connectivity index (χ0) is 15.9. The highest BCUT2D eigenvalue weighted by atomic mass is 16.5. The summed E-state index contributed by atoms with van der Waals surface area (Å²) in [6.45, 7) is 8.32. The first kappa shape index (κ1) is 17.3. The Morgan fingerprint density at radius 1 is 1.38 bits per heavy atom. The molecule has 0 aliphatic rings. The van der Waals surface area contributed by atoms with Crippen LogP contribution in [0.2, 0.25) is 0 Å². The van der Waals surface area contributed by atoms with Crippen molar-refractivity contribution in [2.24, 2.45) is 5.92 Å². The number of hydrogen-bond acceptors (Lipinski definition) is 3. The Morgan fingerprint density at radius 2 is 2.05 bits per heavy atom. The number of ether oxygens (including phenoxy) is 1. The standard InChI is InChI=1S/C16H26N2O3/c1-5-12(3)16(4,20)11-17-15(19)18-13-9-7-8-10-14(13)21-6-2/h7-10,12,20H,5-6,11H2,1-4H3,(H2,17,18,19). The van der Waals surface area contributed by atoms with E-state index < -0.39 is 5.60 Å². The van der Waals surface area contributed by atoms with Gasteiger partial charge < -0.3 is 20.5 Å². The van der Waals surface area contributed by atoms with Gasteiger partial charge in [-0.1, -0.05) is 32.4 Å². The van der Waals surface area contributed by atoms with Crippen LogP contribution in [0.3, 0.4) is 0 Å². The van der Waals surface area contributed by atoms with Crippen molar-refractivity contribution >= 4 is 11.7 Å². The smallest absolute Gasteiger partial charge is 0.319 e. The van der Waals surface area contributed by atoms with Gasteiger partial charge in [-0.3, -0.25) is 0 Å². The molecule has 5 nitrogen and oxygen atoms in total. The molecule has 0 aliphatic carbocycles. The van der Waals surface area contributed by atoms with E-state index in [1.807, 2.05) is 32.9 Å². The number of nitrogens with one attached hydrogen (secondary N) is 2. The number of urea groups is 1. The lowest BCUT2D eigenvalue weighted by molar-refractivity contribution is 0.00827. The molecule has 0 saturated carbocycles. The van der Waals surface area contributed by atoms with Crippen LogP contribution in [-0.4, -0.2) is 29.9 Å². The molecule has 0 heterocycles. The Morgan fingerprint density at radius 3 is 2.67 bits per heavy atom. The molecule has 21 heavy (non-hydrogen) atoms. The Kier molecular flexibility index (Phi) is 6.49. The van der Waals surface area contributed by atoms with Gasteiger partial charge in [0.1, 0.15) is 5.75 Å². The van der Waals surface area contributed by atoms with Gasteiger partial charge >= 0.3 is 6.03 Å². The van der Waals surface area contributed by atoms with Gasteiger partial charge in [0.15, 0.2) is 0 Å². The van der Waals surface area contributed by atoms with Crippen molar-refractivity contribution in [3.63, 3.8) is 0 Å². The molecule has 2 atom stereocenters. The van der Waals surface area contributed by atoms with Gasteiger partial charge in [-0.05, 0) is 31.9 Å². The molecule has 118 valence electrons. The monoisotopic (exact) mass is 294 g/mol. The van der Waals surface area contributed by atoms with Crippen LogP contribution >= 0.6 is 0 Å². The Balaban J connectivity index is 2.58. The first-order chi connectivity index (χ1) is 9.90. The van der Waals surface area contributed by atoms with Crippen LogP contribution in [-0.2, 0) is 0 Å². The molecule has 0 bridgehead atoms. The molecular formula is C16H26N2O3. The number of hydrogen-bond donors (Lipinski definition) is 3. The topological polar surface area (TPSA) is 70.6 Å². The molecule has 0 spiro atoms.